The number of fused-ring (bicyclic) bond motifs is 1. The van der Waals surface area contributed by atoms with Crippen molar-refractivity contribution < 1.29 is 0 Å². The standard InChI is InChI=1S/C16H20N2S/c1-2-13-7-8-14(19-13)11-17-9-12-10-18-16-6-4-3-5-15(12)16/h3-8,12,17-18H,2,9-11H2,1H3. The number of hydrogen-bond acceptors (Lipinski definition) is 3. The Morgan fingerprint density at radius 1 is 1.21 bits per heavy atom. The highest BCUT2D eigenvalue weighted by Crippen LogP contribution is 2.30. The van der Waals surface area contributed by atoms with Gasteiger partial charge in [-0.2, -0.15) is 0 Å². The molecule has 0 spiro atoms. The zero-order chi connectivity index (χ0) is 13.1. The van der Waals surface area contributed by atoms with Crippen molar-refractivity contribution in [2.45, 2.75) is 25.8 Å². The molecule has 1 atom stereocenters. The molecule has 0 radical (unpaired) electrons. The molecule has 0 aliphatic carbocycles. The normalized spacial score (nSPS) is 17.2. The summed E-state index contributed by atoms with van der Waals surface area (Å²) in [6.07, 6.45) is 1.14. The molecule has 0 saturated heterocycles. The molecule has 0 bridgehead atoms. The third-order valence-electron chi connectivity index (χ3n) is 3.70. The average molecular weight is 272 g/mol. The van der Waals surface area contributed by atoms with Crippen LogP contribution in [0.25, 0.3) is 0 Å². The number of thiophene rings is 1. The fourth-order valence-corrected chi connectivity index (χ4v) is 3.54. The molecule has 3 rings (SSSR count). The van der Waals surface area contributed by atoms with Crippen LogP contribution in [0.4, 0.5) is 5.69 Å². The van der Waals surface area contributed by atoms with Crippen LogP contribution in [0, 0.1) is 0 Å². The zero-order valence-corrected chi connectivity index (χ0v) is 12.1. The molecule has 1 aromatic carbocycles. The summed E-state index contributed by atoms with van der Waals surface area (Å²) in [7, 11) is 0. The van der Waals surface area contributed by atoms with Gasteiger partial charge in [0.2, 0.25) is 0 Å². The van der Waals surface area contributed by atoms with Crippen LogP contribution >= 0.6 is 11.3 Å². The Morgan fingerprint density at radius 2 is 2.05 bits per heavy atom. The number of hydrogen-bond donors (Lipinski definition) is 2. The Kier molecular flexibility index (Phi) is 3.85. The van der Waals surface area contributed by atoms with Crippen LogP contribution in [0.15, 0.2) is 36.4 Å². The van der Waals surface area contributed by atoms with Gasteiger partial charge in [0, 0.05) is 41.0 Å². The minimum atomic E-state index is 0.599. The van der Waals surface area contributed by atoms with Crippen LogP contribution in [0.1, 0.15) is 28.2 Å². The van der Waals surface area contributed by atoms with Crippen molar-refractivity contribution in [2.75, 3.05) is 18.4 Å². The third kappa shape index (κ3) is 2.82. The summed E-state index contributed by atoms with van der Waals surface area (Å²) in [4.78, 5) is 2.92. The van der Waals surface area contributed by atoms with Crippen molar-refractivity contribution in [3.8, 4) is 0 Å². The van der Waals surface area contributed by atoms with E-state index >= 15 is 0 Å². The highest BCUT2D eigenvalue weighted by Gasteiger charge is 2.20. The van der Waals surface area contributed by atoms with E-state index in [1.807, 2.05) is 11.3 Å². The number of nitrogens with one attached hydrogen (secondary N) is 2. The van der Waals surface area contributed by atoms with Crippen molar-refractivity contribution in [1.29, 1.82) is 0 Å². The van der Waals surface area contributed by atoms with E-state index in [2.05, 4.69) is 54.0 Å². The molecule has 2 heterocycles. The summed E-state index contributed by atoms with van der Waals surface area (Å²) in [5, 5.41) is 7.07. The quantitative estimate of drug-likeness (QED) is 0.869. The maximum atomic E-state index is 3.59. The first-order valence-electron chi connectivity index (χ1n) is 6.98. The molecule has 0 saturated carbocycles. The fraction of sp³-hybridized carbons (Fsp3) is 0.375. The van der Waals surface area contributed by atoms with E-state index in [-0.39, 0.29) is 0 Å². The highest BCUT2D eigenvalue weighted by molar-refractivity contribution is 7.11. The van der Waals surface area contributed by atoms with E-state index in [4.69, 9.17) is 0 Å². The van der Waals surface area contributed by atoms with Gasteiger partial charge < -0.3 is 10.6 Å². The number of para-hydroxylation sites is 1. The molecule has 2 N–H and O–H groups in total. The first-order chi connectivity index (χ1) is 9.36. The van der Waals surface area contributed by atoms with Gasteiger partial charge in [0.15, 0.2) is 0 Å². The zero-order valence-electron chi connectivity index (χ0n) is 11.3. The molecular weight excluding hydrogens is 252 g/mol. The average Bonchev–Trinajstić information content (AvgIpc) is 3.06. The minimum Gasteiger partial charge on any atom is -0.384 e. The number of benzene rings is 1. The van der Waals surface area contributed by atoms with Crippen LogP contribution in [0.2, 0.25) is 0 Å². The Balaban J connectivity index is 1.53. The summed E-state index contributed by atoms with van der Waals surface area (Å²) < 4.78 is 0. The molecule has 1 aliphatic heterocycles. The van der Waals surface area contributed by atoms with Gasteiger partial charge in [-0.05, 0) is 30.2 Å². The third-order valence-corrected chi connectivity index (χ3v) is 4.92. The predicted octanol–water partition coefficient (Wildman–Crippen LogP) is 3.61. The van der Waals surface area contributed by atoms with E-state index in [0.717, 1.165) is 26.1 Å². The van der Waals surface area contributed by atoms with Gasteiger partial charge in [0.25, 0.3) is 0 Å². The van der Waals surface area contributed by atoms with Gasteiger partial charge in [-0.15, -0.1) is 11.3 Å². The minimum absolute atomic E-state index is 0.599. The Bertz CT molecular complexity index is 547. The molecule has 100 valence electrons. The smallest absolute Gasteiger partial charge is 0.0376 e. The van der Waals surface area contributed by atoms with Crippen molar-refractivity contribution in [3.63, 3.8) is 0 Å². The van der Waals surface area contributed by atoms with Gasteiger partial charge >= 0.3 is 0 Å². The monoisotopic (exact) mass is 272 g/mol. The summed E-state index contributed by atoms with van der Waals surface area (Å²) in [6, 6.07) is 13.1. The van der Waals surface area contributed by atoms with E-state index in [0.29, 0.717) is 5.92 Å². The lowest BCUT2D eigenvalue weighted by molar-refractivity contribution is 0.617. The molecule has 2 aromatic rings. The molecular formula is C16H20N2S. The second kappa shape index (κ2) is 5.76. The van der Waals surface area contributed by atoms with Gasteiger partial charge in [0.1, 0.15) is 0 Å². The summed E-state index contributed by atoms with van der Waals surface area (Å²) in [6.45, 7) is 5.30. The fourth-order valence-electron chi connectivity index (χ4n) is 2.62. The van der Waals surface area contributed by atoms with Crippen LogP contribution in [0.3, 0.4) is 0 Å². The maximum absolute atomic E-state index is 3.59. The van der Waals surface area contributed by atoms with Crippen molar-refractivity contribution >= 4 is 17.0 Å². The van der Waals surface area contributed by atoms with Crippen LogP contribution in [-0.4, -0.2) is 13.1 Å². The van der Waals surface area contributed by atoms with Crippen LogP contribution in [-0.2, 0) is 13.0 Å². The lowest BCUT2D eigenvalue weighted by atomic mass is 10.0. The summed E-state index contributed by atoms with van der Waals surface area (Å²) >= 11 is 1.92. The lowest BCUT2D eigenvalue weighted by Crippen LogP contribution is -2.21. The second-order valence-corrected chi connectivity index (χ2v) is 6.27. The first kappa shape index (κ1) is 12.7. The van der Waals surface area contributed by atoms with Gasteiger partial charge in [-0.25, -0.2) is 0 Å². The van der Waals surface area contributed by atoms with Gasteiger partial charge in [-0.1, -0.05) is 25.1 Å². The largest absolute Gasteiger partial charge is 0.384 e. The topological polar surface area (TPSA) is 24.1 Å². The lowest BCUT2D eigenvalue weighted by Gasteiger charge is -2.10. The summed E-state index contributed by atoms with van der Waals surface area (Å²) in [5.41, 5.74) is 2.76. The SMILES string of the molecule is CCc1ccc(CNCC2CNc3ccccc32)s1. The Morgan fingerprint density at radius 3 is 2.89 bits per heavy atom. The molecule has 2 nitrogen and oxygen atoms in total. The molecule has 0 fully saturated rings. The summed E-state index contributed by atoms with van der Waals surface area (Å²) in [5.74, 6) is 0.599. The highest BCUT2D eigenvalue weighted by atomic mass is 32.1. The van der Waals surface area contributed by atoms with Crippen LogP contribution < -0.4 is 10.6 Å². The van der Waals surface area contributed by atoms with E-state index in [9.17, 15) is 0 Å². The number of aryl methyl sites for hydroxylation is 1. The molecule has 1 aromatic heterocycles. The van der Waals surface area contributed by atoms with E-state index in [1.54, 1.807) is 0 Å². The van der Waals surface area contributed by atoms with Crippen molar-refractivity contribution in [3.05, 3.63) is 51.7 Å². The van der Waals surface area contributed by atoms with Crippen molar-refractivity contribution in [2.24, 2.45) is 0 Å². The Hall–Kier alpha value is -1.32. The molecule has 3 heteroatoms. The molecule has 1 unspecified atom stereocenters. The van der Waals surface area contributed by atoms with Gasteiger partial charge in [-0.3, -0.25) is 0 Å². The molecule has 0 amide bonds. The first-order valence-corrected chi connectivity index (χ1v) is 7.79. The maximum Gasteiger partial charge on any atom is 0.0376 e. The predicted molar refractivity (Wildman–Crippen MR) is 83.1 cm³/mol. The van der Waals surface area contributed by atoms with Crippen molar-refractivity contribution in [1.82, 2.24) is 5.32 Å². The Labute approximate surface area is 118 Å². The molecule has 1 aliphatic rings. The van der Waals surface area contributed by atoms with E-state index < -0.39 is 0 Å². The number of anilines is 1. The van der Waals surface area contributed by atoms with Crippen LogP contribution in [0.5, 0.6) is 0 Å². The number of rotatable bonds is 5. The second-order valence-electron chi connectivity index (χ2n) is 5.02. The molecule has 19 heavy (non-hydrogen) atoms. The van der Waals surface area contributed by atoms with Gasteiger partial charge in [0.05, 0.1) is 0 Å². The van der Waals surface area contributed by atoms with E-state index in [1.165, 1.54) is 21.0 Å².